The fourth-order valence-corrected chi connectivity index (χ4v) is 4.21. The Hall–Kier alpha value is -4.28. The van der Waals surface area contributed by atoms with Gasteiger partial charge in [0.1, 0.15) is 17.4 Å². The van der Waals surface area contributed by atoms with Crippen molar-refractivity contribution in [2.24, 2.45) is 0 Å². The number of nitro benzene ring substituents is 1. The van der Waals surface area contributed by atoms with Gasteiger partial charge in [0.25, 0.3) is 23.4 Å². The Kier molecular flexibility index (Phi) is 6.01. The molecule has 2 aromatic carbocycles. The first-order valence-electron chi connectivity index (χ1n) is 10.6. The highest BCUT2D eigenvalue weighted by molar-refractivity contribution is 6.24. The average molecular weight is 466 g/mol. The topological polar surface area (TPSA) is 130 Å². The van der Waals surface area contributed by atoms with E-state index < -0.39 is 34.4 Å². The second kappa shape index (κ2) is 8.93. The van der Waals surface area contributed by atoms with Crippen LogP contribution in [-0.4, -0.2) is 82.6 Å². The molecule has 34 heavy (non-hydrogen) atoms. The van der Waals surface area contributed by atoms with Gasteiger partial charge in [0.2, 0.25) is 5.91 Å². The van der Waals surface area contributed by atoms with Crippen LogP contribution in [0, 0.1) is 10.1 Å². The maximum absolute atomic E-state index is 13.1. The van der Waals surface area contributed by atoms with E-state index in [4.69, 9.17) is 4.74 Å². The van der Waals surface area contributed by atoms with Crippen molar-refractivity contribution in [3.8, 4) is 5.75 Å². The first-order valence-corrected chi connectivity index (χ1v) is 10.6. The Morgan fingerprint density at radius 1 is 0.971 bits per heavy atom. The van der Waals surface area contributed by atoms with Gasteiger partial charge in [0.15, 0.2) is 0 Å². The van der Waals surface area contributed by atoms with E-state index >= 15 is 0 Å². The van der Waals surface area contributed by atoms with E-state index in [1.54, 1.807) is 29.2 Å². The van der Waals surface area contributed by atoms with Crippen molar-refractivity contribution in [1.29, 1.82) is 0 Å². The predicted octanol–water partition coefficient (Wildman–Crippen LogP) is 1.57. The van der Waals surface area contributed by atoms with E-state index in [0.29, 0.717) is 11.3 Å². The Balaban J connectivity index is 1.43. The molecule has 0 saturated carbocycles. The number of fused-ring (bicyclic) bond motifs is 1. The van der Waals surface area contributed by atoms with Gasteiger partial charge in [-0.15, -0.1) is 0 Å². The molecule has 4 rings (SSSR count). The second-order valence-electron chi connectivity index (χ2n) is 7.96. The maximum atomic E-state index is 13.1. The molecule has 0 spiro atoms. The first kappa shape index (κ1) is 22.9. The molecule has 0 bridgehead atoms. The van der Waals surface area contributed by atoms with Crippen LogP contribution >= 0.6 is 0 Å². The van der Waals surface area contributed by atoms with Gasteiger partial charge in [0, 0.05) is 37.8 Å². The molecule has 11 nitrogen and oxygen atoms in total. The van der Waals surface area contributed by atoms with Gasteiger partial charge in [0.05, 0.1) is 17.6 Å². The van der Waals surface area contributed by atoms with Crippen LogP contribution in [-0.2, 0) is 4.79 Å². The van der Waals surface area contributed by atoms with Crippen LogP contribution < -0.4 is 4.74 Å². The normalized spacial score (nSPS) is 16.4. The zero-order chi connectivity index (χ0) is 24.6. The third-order valence-electron chi connectivity index (χ3n) is 6.08. The van der Waals surface area contributed by atoms with E-state index in [2.05, 4.69) is 0 Å². The number of hydrogen-bond acceptors (Lipinski definition) is 7. The fraction of sp³-hybridized carbons (Fsp3) is 0.304. The minimum absolute atomic E-state index is 0.0891. The van der Waals surface area contributed by atoms with E-state index in [0.717, 1.165) is 11.0 Å². The molecule has 0 radical (unpaired) electrons. The molecule has 11 heteroatoms. The Morgan fingerprint density at radius 2 is 1.59 bits per heavy atom. The summed E-state index contributed by atoms with van der Waals surface area (Å²) in [6.45, 7) is 2.46. The van der Waals surface area contributed by atoms with Crippen molar-refractivity contribution in [1.82, 2.24) is 14.7 Å². The summed E-state index contributed by atoms with van der Waals surface area (Å²) in [7, 11) is 1.54. The summed E-state index contributed by atoms with van der Waals surface area (Å²) >= 11 is 0. The number of imide groups is 1. The minimum Gasteiger partial charge on any atom is -0.497 e. The molecule has 2 aromatic rings. The Bertz CT molecular complexity index is 1190. The number of ether oxygens (including phenoxy) is 1. The van der Waals surface area contributed by atoms with Crippen molar-refractivity contribution in [3.63, 3.8) is 0 Å². The Labute approximate surface area is 194 Å². The summed E-state index contributed by atoms with van der Waals surface area (Å²) in [5, 5.41) is 11.3. The molecule has 0 N–H and O–H groups in total. The Morgan fingerprint density at radius 3 is 2.18 bits per heavy atom. The lowest BCUT2D eigenvalue weighted by molar-refractivity contribution is -0.385. The summed E-state index contributed by atoms with van der Waals surface area (Å²) in [4.78, 5) is 66.0. The fourth-order valence-electron chi connectivity index (χ4n) is 4.21. The van der Waals surface area contributed by atoms with Gasteiger partial charge in [-0.05, 0) is 37.3 Å². The number of rotatable bonds is 5. The highest BCUT2D eigenvalue weighted by atomic mass is 16.6. The third-order valence-corrected chi connectivity index (χ3v) is 6.08. The van der Waals surface area contributed by atoms with Crippen molar-refractivity contribution < 1.29 is 28.8 Å². The molecule has 2 heterocycles. The van der Waals surface area contributed by atoms with Crippen molar-refractivity contribution in [3.05, 3.63) is 69.3 Å². The van der Waals surface area contributed by atoms with E-state index in [-0.39, 0.29) is 43.2 Å². The smallest absolute Gasteiger partial charge is 0.282 e. The van der Waals surface area contributed by atoms with Gasteiger partial charge in [-0.25, -0.2) is 0 Å². The molecule has 2 aliphatic rings. The van der Waals surface area contributed by atoms with Crippen LogP contribution in [0.1, 0.15) is 38.0 Å². The van der Waals surface area contributed by atoms with Crippen molar-refractivity contribution in [2.45, 2.75) is 13.0 Å². The number of nitro groups is 1. The molecule has 1 atom stereocenters. The van der Waals surface area contributed by atoms with Crippen molar-refractivity contribution in [2.75, 3.05) is 33.3 Å². The lowest BCUT2D eigenvalue weighted by Gasteiger charge is -2.37. The number of methoxy groups -OCH3 is 1. The number of benzene rings is 2. The van der Waals surface area contributed by atoms with Gasteiger partial charge in [-0.2, -0.15) is 0 Å². The zero-order valence-corrected chi connectivity index (χ0v) is 18.6. The SMILES string of the molecule is COc1ccc(C(=O)N2CCN(C(=O)C(C)N3C(=O)c4cccc([N+](=O)[O-])c4C3=O)CC2)cc1. The molecule has 0 aromatic heterocycles. The number of carbonyl (C=O) groups is 4. The van der Waals surface area contributed by atoms with E-state index in [1.165, 1.54) is 31.1 Å². The molecular weight excluding hydrogens is 444 g/mol. The van der Waals surface area contributed by atoms with Crippen LogP contribution in [0.25, 0.3) is 0 Å². The maximum Gasteiger partial charge on any atom is 0.282 e. The average Bonchev–Trinajstić information content (AvgIpc) is 3.12. The number of nitrogens with zero attached hydrogens (tertiary/aromatic N) is 4. The van der Waals surface area contributed by atoms with Gasteiger partial charge >= 0.3 is 0 Å². The molecule has 4 amide bonds. The highest BCUT2D eigenvalue weighted by Gasteiger charge is 2.45. The molecule has 1 unspecified atom stereocenters. The summed E-state index contributed by atoms with van der Waals surface area (Å²) < 4.78 is 5.10. The number of amides is 4. The predicted molar refractivity (Wildman–Crippen MR) is 119 cm³/mol. The number of hydrogen-bond donors (Lipinski definition) is 0. The van der Waals surface area contributed by atoms with E-state index in [1.807, 2.05) is 0 Å². The molecular formula is C23H22N4O7. The highest BCUT2D eigenvalue weighted by Crippen LogP contribution is 2.32. The standard InChI is InChI=1S/C23H22N4O7/c1-14(26-22(30)17-4-3-5-18(27(32)33)19(17)23(26)31)20(28)24-10-12-25(13-11-24)21(29)15-6-8-16(34-2)9-7-15/h3-9,14H,10-13H2,1-2H3. The molecule has 1 saturated heterocycles. The zero-order valence-electron chi connectivity index (χ0n) is 18.6. The monoisotopic (exact) mass is 466 g/mol. The molecule has 2 aliphatic heterocycles. The number of piperazine rings is 1. The summed E-state index contributed by atoms with van der Waals surface area (Å²) in [6, 6.07) is 9.41. The lowest BCUT2D eigenvalue weighted by atomic mass is 10.1. The van der Waals surface area contributed by atoms with Crippen LogP contribution in [0.3, 0.4) is 0 Å². The second-order valence-corrected chi connectivity index (χ2v) is 7.96. The quantitative estimate of drug-likeness (QED) is 0.371. The molecule has 1 fully saturated rings. The van der Waals surface area contributed by atoms with Gasteiger partial charge < -0.3 is 14.5 Å². The largest absolute Gasteiger partial charge is 0.497 e. The van der Waals surface area contributed by atoms with Crippen LogP contribution in [0.5, 0.6) is 5.75 Å². The number of carbonyl (C=O) groups excluding carboxylic acids is 4. The summed E-state index contributed by atoms with van der Waals surface area (Å²) in [5.74, 6) is -1.59. The third kappa shape index (κ3) is 3.85. The minimum atomic E-state index is -1.14. The van der Waals surface area contributed by atoms with Gasteiger partial charge in [-0.3, -0.25) is 34.2 Å². The van der Waals surface area contributed by atoms with Crippen LogP contribution in [0.4, 0.5) is 5.69 Å². The van der Waals surface area contributed by atoms with Gasteiger partial charge in [-0.1, -0.05) is 6.07 Å². The lowest BCUT2D eigenvalue weighted by Crippen LogP contribution is -2.56. The summed E-state index contributed by atoms with van der Waals surface area (Å²) in [6.07, 6.45) is 0. The van der Waals surface area contributed by atoms with E-state index in [9.17, 15) is 29.3 Å². The first-order chi connectivity index (χ1) is 16.2. The van der Waals surface area contributed by atoms with Crippen LogP contribution in [0.2, 0.25) is 0 Å². The summed E-state index contributed by atoms with van der Waals surface area (Å²) in [5.41, 5.74) is -0.356. The molecule has 0 aliphatic carbocycles. The molecule has 176 valence electrons. The van der Waals surface area contributed by atoms with Crippen LogP contribution in [0.15, 0.2) is 42.5 Å². The van der Waals surface area contributed by atoms with Crippen molar-refractivity contribution >= 4 is 29.3 Å².